The van der Waals surface area contributed by atoms with Crippen LogP contribution in [0, 0.1) is 5.92 Å². The van der Waals surface area contributed by atoms with Gasteiger partial charge in [0, 0.05) is 6.61 Å². The van der Waals surface area contributed by atoms with E-state index in [1.54, 1.807) is 0 Å². The molecule has 0 spiro atoms. The van der Waals surface area contributed by atoms with Crippen molar-refractivity contribution in [3.05, 3.63) is 0 Å². The molecule has 110 valence electrons. The standard InChI is InChI=1S/C10H22O.C3H6O.C2H4O/c1-3-5-6-8-10(9-11)7-4-2;1-3-2-4-3;1-2-3-1/h10-11H,3-9H2,1-2H3;3H,2H2,1H3;1-2H2. The molecule has 2 aliphatic rings. The summed E-state index contributed by atoms with van der Waals surface area (Å²) in [7, 11) is 0. The van der Waals surface area contributed by atoms with Crippen molar-refractivity contribution in [2.75, 3.05) is 26.4 Å². The van der Waals surface area contributed by atoms with E-state index in [0.29, 0.717) is 18.6 Å². The van der Waals surface area contributed by atoms with Gasteiger partial charge < -0.3 is 14.6 Å². The van der Waals surface area contributed by atoms with Crippen LogP contribution >= 0.6 is 0 Å². The van der Waals surface area contributed by atoms with Crippen molar-refractivity contribution in [3.63, 3.8) is 0 Å². The summed E-state index contributed by atoms with van der Waals surface area (Å²) in [6, 6.07) is 0. The molecule has 1 N–H and O–H groups in total. The molecule has 2 unspecified atom stereocenters. The molecule has 0 bridgehead atoms. The third kappa shape index (κ3) is 18.3. The van der Waals surface area contributed by atoms with Crippen molar-refractivity contribution in [1.29, 1.82) is 0 Å². The average Bonchev–Trinajstić information content (AvgIpc) is 3.22. The van der Waals surface area contributed by atoms with Crippen molar-refractivity contribution in [3.8, 4) is 0 Å². The molecular formula is C15H32O3. The topological polar surface area (TPSA) is 45.3 Å². The first-order valence-electron chi connectivity index (χ1n) is 7.54. The minimum Gasteiger partial charge on any atom is -0.396 e. The lowest BCUT2D eigenvalue weighted by molar-refractivity contribution is 0.207. The maximum atomic E-state index is 8.96. The summed E-state index contributed by atoms with van der Waals surface area (Å²) >= 11 is 0. The highest BCUT2D eigenvalue weighted by atomic mass is 16.6. The molecule has 0 radical (unpaired) electrons. The Hall–Kier alpha value is -0.120. The molecule has 2 atom stereocenters. The van der Waals surface area contributed by atoms with Gasteiger partial charge in [-0.05, 0) is 25.7 Å². The van der Waals surface area contributed by atoms with Crippen LogP contribution in [0.4, 0.5) is 0 Å². The summed E-state index contributed by atoms with van der Waals surface area (Å²) in [5.74, 6) is 0.576. The van der Waals surface area contributed by atoms with Crippen LogP contribution in [0.2, 0.25) is 0 Å². The first-order chi connectivity index (χ1) is 8.74. The number of ether oxygens (including phenoxy) is 2. The molecule has 0 amide bonds. The monoisotopic (exact) mass is 260 g/mol. The van der Waals surface area contributed by atoms with Gasteiger partial charge in [0.1, 0.15) is 0 Å². The largest absolute Gasteiger partial charge is 0.396 e. The SMILES string of the molecule is C1CO1.CC1CO1.CCCCCC(CO)CCC. The van der Waals surface area contributed by atoms with Gasteiger partial charge in [-0.2, -0.15) is 0 Å². The van der Waals surface area contributed by atoms with E-state index in [9.17, 15) is 0 Å². The molecule has 2 fully saturated rings. The van der Waals surface area contributed by atoms with E-state index in [-0.39, 0.29) is 0 Å². The molecule has 3 nitrogen and oxygen atoms in total. The van der Waals surface area contributed by atoms with Gasteiger partial charge in [0.05, 0.1) is 25.9 Å². The summed E-state index contributed by atoms with van der Waals surface area (Å²) < 4.78 is 9.21. The van der Waals surface area contributed by atoms with Crippen molar-refractivity contribution < 1.29 is 14.6 Å². The smallest absolute Gasteiger partial charge is 0.0781 e. The van der Waals surface area contributed by atoms with Gasteiger partial charge in [-0.1, -0.05) is 39.5 Å². The quantitative estimate of drug-likeness (QED) is 0.563. The molecule has 2 heterocycles. The fourth-order valence-electron chi connectivity index (χ4n) is 1.51. The van der Waals surface area contributed by atoms with Crippen molar-refractivity contribution >= 4 is 0 Å². The van der Waals surface area contributed by atoms with E-state index in [1.165, 1.54) is 38.5 Å². The Kier molecular flexibility index (Phi) is 13.2. The second-order valence-corrected chi connectivity index (χ2v) is 5.09. The second-order valence-electron chi connectivity index (χ2n) is 5.09. The zero-order valence-electron chi connectivity index (χ0n) is 12.5. The van der Waals surface area contributed by atoms with Crippen LogP contribution in [0.25, 0.3) is 0 Å². The Balaban J connectivity index is 0.000000325. The van der Waals surface area contributed by atoms with Crippen molar-refractivity contribution in [1.82, 2.24) is 0 Å². The van der Waals surface area contributed by atoms with Crippen LogP contribution in [0.5, 0.6) is 0 Å². The molecular weight excluding hydrogens is 228 g/mol. The first kappa shape index (κ1) is 17.9. The maximum absolute atomic E-state index is 8.96. The molecule has 18 heavy (non-hydrogen) atoms. The zero-order chi connectivity index (χ0) is 13.6. The highest BCUT2D eigenvalue weighted by Gasteiger charge is 2.13. The Morgan fingerprint density at radius 1 is 1.11 bits per heavy atom. The number of aliphatic hydroxyl groups excluding tert-OH is 1. The second kappa shape index (κ2) is 13.3. The van der Waals surface area contributed by atoms with E-state index < -0.39 is 0 Å². The Bertz CT molecular complexity index is 153. The molecule has 2 rings (SSSR count). The van der Waals surface area contributed by atoms with E-state index in [0.717, 1.165) is 19.8 Å². The Morgan fingerprint density at radius 2 is 1.67 bits per heavy atom. The summed E-state index contributed by atoms with van der Waals surface area (Å²) in [6.45, 7) is 9.83. The fraction of sp³-hybridized carbons (Fsp3) is 1.00. The van der Waals surface area contributed by atoms with Gasteiger partial charge in [-0.3, -0.25) is 0 Å². The van der Waals surface area contributed by atoms with Gasteiger partial charge in [-0.15, -0.1) is 0 Å². The minimum atomic E-state index is 0.386. The Labute approximate surface area is 113 Å². The maximum Gasteiger partial charge on any atom is 0.0781 e. The summed E-state index contributed by atoms with van der Waals surface area (Å²) in [6.07, 6.45) is 8.10. The summed E-state index contributed by atoms with van der Waals surface area (Å²) in [5.41, 5.74) is 0. The number of unbranched alkanes of at least 4 members (excludes halogenated alkanes) is 2. The number of aliphatic hydroxyl groups is 1. The van der Waals surface area contributed by atoms with Crippen molar-refractivity contribution in [2.45, 2.75) is 65.4 Å². The number of epoxide rings is 2. The molecule has 0 aliphatic carbocycles. The zero-order valence-corrected chi connectivity index (χ0v) is 12.5. The van der Waals surface area contributed by atoms with E-state index in [2.05, 4.69) is 25.5 Å². The van der Waals surface area contributed by atoms with Gasteiger partial charge >= 0.3 is 0 Å². The van der Waals surface area contributed by atoms with Gasteiger partial charge in [0.15, 0.2) is 0 Å². The molecule has 0 aromatic rings. The average molecular weight is 260 g/mol. The fourth-order valence-corrected chi connectivity index (χ4v) is 1.51. The third-order valence-corrected chi connectivity index (χ3v) is 2.88. The summed E-state index contributed by atoms with van der Waals surface area (Å²) in [5, 5.41) is 8.96. The van der Waals surface area contributed by atoms with Gasteiger partial charge in [0.2, 0.25) is 0 Å². The lowest BCUT2D eigenvalue weighted by Crippen LogP contribution is -2.05. The number of hydrogen-bond donors (Lipinski definition) is 1. The summed E-state index contributed by atoms with van der Waals surface area (Å²) in [4.78, 5) is 0. The molecule has 0 saturated carbocycles. The molecule has 0 aromatic heterocycles. The van der Waals surface area contributed by atoms with E-state index >= 15 is 0 Å². The highest BCUT2D eigenvalue weighted by Crippen LogP contribution is 2.14. The molecule has 2 saturated heterocycles. The van der Waals surface area contributed by atoms with Crippen LogP contribution in [0.3, 0.4) is 0 Å². The molecule has 0 aromatic carbocycles. The van der Waals surface area contributed by atoms with Crippen LogP contribution in [0.15, 0.2) is 0 Å². The van der Waals surface area contributed by atoms with Gasteiger partial charge in [0.25, 0.3) is 0 Å². The van der Waals surface area contributed by atoms with Crippen LogP contribution in [0.1, 0.15) is 59.3 Å². The highest BCUT2D eigenvalue weighted by molar-refractivity contribution is 4.58. The van der Waals surface area contributed by atoms with Crippen molar-refractivity contribution in [2.24, 2.45) is 5.92 Å². The predicted octanol–water partition coefficient (Wildman–Crippen LogP) is 3.40. The lowest BCUT2D eigenvalue weighted by atomic mass is 9.98. The lowest BCUT2D eigenvalue weighted by Gasteiger charge is -2.11. The van der Waals surface area contributed by atoms with Crippen LogP contribution in [-0.4, -0.2) is 37.6 Å². The normalized spacial score (nSPS) is 21.0. The number of hydrogen-bond acceptors (Lipinski definition) is 3. The first-order valence-corrected chi connectivity index (χ1v) is 7.54. The van der Waals surface area contributed by atoms with E-state index in [4.69, 9.17) is 9.84 Å². The molecule has 2 aliphatic heterocycles. The minimum absolute atomic E-state index is 0.386. The Morgan fingerprint density at radius 3 is 1.94 bits per heavy atom. The van der Waals surface area contributed by atoms with E-state index in [1.807, 2.05) is 0 Å². The third-order valence-electron chi connectivity index (χ3n) is 2.88. The van der Waals surface area contributed by atoms with Gasteiger partial charge in [-0.25, -0.2) is 0 Å². The predicted molar refractivity (Wildman–Crippen MR) is 75.9 cm³/mol. The molecule has 3 heteroatoms. The van der Waals surface area contributed by atoms with Crippen LogP contribution in [-0.2, 0) is 9.47 Å². The number of rotatable bonds is 7. The van der Waals surface area contributed by atoms with Crippen LogP contribution < -0.4 is 0 Å².